The molecule has 0 heterocycles. The summed E-state index contributed by atoms with van der Waals surface area (Å²) in [4.78, 5) is 0. The van der Waals surface area contributed by atoms with Gasteiger partial charge in [-0.1, -0.05) is 128 Å². The highest BCUT2D eigenvalue weighted by atomic mass is 16.5. The van der Waals surface area contributed by atoms with Crippen LogP contribution in [-0.4, -0.2) is 13.2 Å². The molecular formula is C29H50O2. The van der Waals surface area contributed by atoms with Gasteiger partial charge >= 0.3 is 0 Å². The summed E-state index contributed by atoms with van der Waals surface area (Å²) in [7, 11) is 0. The Morgan fingerprint density at radius 1 is 0.581 bits per heavy atom. The fraction of sp³-hybridized carbons (Fsp3) is 0.793. The van der Waals surface area contributed by atoms with Gasteiger partial charge in [0.1, 0.15) is 0 Å². The molecule has 1 aromatic rings. The van der Waals surface area contributed by atoms with Crippen molar-refractivity contribution < 1.29 is 9.47 Å². The number of benzene rings is 1. The third-order valence-electron chi connectivity index (χ3n) is 6.57. The predicted octanol–water partition coefficient (Wildman–Crippen LogP) is 9.51. The smallest absolute Gasteiger partial charge is 0.161 e. The first-order valence-electron chi connectivity index (χ1n) is 13.7. The zero-order chi connectivity index (χ0) is 21.8. The normalized spacial score (nSPS) is 13.5. The molecule has 0 unspecified atom stereocenters. The number of para-hydroxylation sites is 2. The van der Waals surface area contributed by atoms with E-state index in [1.807, 2.05) is 24.3 Å². The monoisotopic (exact) mass is 430 g/mol. The van der Waals surface area contributed by atoms with Crippen LogP contribution in [0, 0.1) is 5.92 Å². The van der Waals surface area contributed by atoms with Gasteiger partial charge in [-0.25, -0.2) is 0 Å². The summed E-state index contributed by atoms with van der Waals surface area (Å²) in [5.41, 5.74) is 0. The molecule has 0 aromatic heterocycles. The van der Waals surface area contributed by atoms with E-state index in [1.165, 1.54) is 109 Å². The second-order valence-corrected chi connectivity index (χ2v) is 9.68. The molecule has 1 aliphatic carbocycles. The van der Waals surface area contributed by atoms with Crippen LogP contribution in [0.25, 0.3) is 0 Å². The average molecular weight is 431 g/mol. The second-order valence-electron chi connectivity index (χ2n) is 9.68. The average Bonchev–Trinajstić information content (AvgIpc) is 3.61. The maximum absolute atomic E-state index is 6.03. The lowest BCUT2D eigenvalue weighted by molar-refractivity contribution is 0.258. The molecule has 0 saturated heterocycles. The third-order valence-corrected chi connectivity index (χ3v) is 6.57. The van der Waals surface area contributed by atoms with Crippen molar-refractivity contribution in [2.75, 3.05) is 13.2 Å². The first-order chi connectivity index (χ1) is 15.4. The fourth-order valence-corrected chi connectivity index (χ4v) is 4.29. The molecule has 0 radical (unpaired) electrons. The summed E-state index contributed by atoms with van der Waals surface area (Å²) in [6.45, 7) is 3.89. The lowest BCUT2D eigenvalue weighted by Crippen LogP contribution is -2.02. The third kappa shape index (κ3) is 14.5. The molecule has 0 spiro atoms. The summed E-state index contributed by atoms with van der Waals surface area (Å²) in [5, 5.41) is 0. The van der Waals surface area contributed by atoms with E-state index < -0.39 is 0 Å². The minimum atomic E-state index is 0.803. The number of hydrogen-bond acceptors (Lipinski definition) is 2. The largest absolute Gasteiger partial charge is 0.490 e. The maximum Gasteiger partial charge on any atom is 0.161 e. The van der Waals surface area contributed by atoms with Gasteiger partial charge in [-0.05, 0) is 30.9 Å². The lowest BCUT2D eigenvalue weighted by atomic mass is 10.1. The van der Waals surface area contributed by atoms with Gasteiger partial charge in [0.05, 0.1) is 13.2 Å². The Labute approximate surface area is 193 Å². The van der Waals surface area contributed by atoms with Crippen LogP contribution in [0.1, 0.15) is 129 Å². The zero-order valence-corrected chi connectivity index (χ0v) is 20.6. The molecule has 0 aliphatic heterocycles. The highest BCUT2D eigenvalue weighted by molar-refractivity contribution is 5.39. The summed E-state index contributed by atoms with van der Waals surface area (Å²) in [6, 6.07) is 8.18. The Balaban J connectivity index is 1.42. The Morgan fingerprint density at radius 2 is 1.00 bits per heavy atom. The molecule has 1 saturated carbocycles. The van der Waals surface area contributed by atoms with E-state index >= 15 is 0 Å². The van der Waals surface area contributed by atoms with Crippen LogP contribution in [0.2, 0.25) is 0 Å². The topological polar surface area (TPSA) is 18.5 Å². The van der Waals surface area contributed by atoms with Crippen molar-refractivity contribution in [3.63, 3.8) is 0 Å². The molecule has 178 valence electrons. The van der Waals surface area contributed by atoms with Crippen molar-refractivity contribution in [3.8, 4) is 11.5 Å². The number of hydrogen-bond donors (Lipinski definition) is 0. The van der Waals surface area contributed by atoms with Gasteiger partial charge in [-0.2, -0.15) is 0 Å². The van der Waals surface area contributed by atoms with E-state index in [4.69, 9.17) is 9.47 Å². The van der Waals surface area contributed by atoms with Gasteiger partial charge < -0.3 is 9.47 Å². The quantitative estimate of drug-likeness (QED) is 0.170. The molecule has 2 nitrogen and oxygen atoms in total. The predicted molar refractivity (Wildman–Crippen MR) is 134 cm³/mol. The summed E-state index contributed by atoms with van der Waals surface area (Å²) in [5.74, 6) is 2.94. The number of rotatable bonds is 22. The number of ether oxygens (including phenoxy) is 2. The van der Waals surface area contributed by atoms with Crippen LogP contribution in [0.5, 0.6) is 11.5 Å². The molecule has 0 atom stereocenters. The first-order valence-corrected chi connectivity index (χ1v) is 13.7. The molecule has 0 bridgehead atoms. The van der Waals surface area contributed by atoms with E-state index in [0.717, 1.165) is 43.5 Å². The molecule has 2 rings (SSSR count). The van der Waals surface area contributed by atoms with Gasteiger partial charge in [-0.15, -0.1) is 0 Å². The zero-order valence-electron chi connectivity index (χ0n) is 20.6. The van der Waals surface area contributed by atoms with Crippen LogP contribution in [0.15, 0.2) is 24.3 Å². The van der Waals surface area contributed by atoms with Crippen molar-refractivity contribution in [2.45, 2.75) is 129 Å². The molecule has 0 amide bonds. The molecule has 2 heteroatoms. The minimum absolute atomic E-state index is 0.803. The molecule has 31 heavy (non-hydrogen) atoms. The fourth-order valence-electron chi connectivity index (χ4n) is 4.29. The van der Waals surface area contributed by atoms with Crippen molar-refractivity contribution in [2.24, 2.45) is 5.92 Å². The van der Waals surface area contributed by atoms with Crippen LogP contribution < -0.4 is 9.47 Å². The Kier molecular flexibility index (Phi) is 15.5. The van der Waals surface area contributed by atoms with Crippen molar-refractivity contribution in [1.29, 1.82) is 0 Å². The van der Waals surface area contributed by atoms with Gasteiger partial charge in [0.25, 0.3) is 0 Å². The lowest BCUT2D eigenvalue weighted by Gasteiger charge is -2.12. The first kappa shape index (κ1) is 26.1. The van der Waals surface area contributed by atoms with Crippen molar-refractivity contribution >= 4 is 0 Å². The van der Waals surface area contributed by atoms with E-state index in [2.05, 4.69) is 6.92 Å². The Bertz CT molecular complexity index is 523. The SMILES string of the molecule is CCCCCCCCCCCOc1ccccc1OCCCCCCCCCC1CC1. The van der Waals surface area contributed by atoms with Crippen LogP contribution in [0.4, 0.5) is 0 Å². The van der Waals surface area contributed by atoms with Gasteiger partial charge in [-0.3, -0.25) is 0 Å². The second kappa shape index (κ2) is 18.4. The van der Waals surface area contributed by atoms with Crippen LogP contribution in [-0.2, 0) is 0 Å². The summed E-state index contributed by atoms with van der Waals surface area (Å²) >= 11 is 0. The molecule has 1 aliphatic rings. The van der Waals surface area contributed by atoms with Crippen molar-refractivity contribution in [3.05, 3.63) is 24.3 Å². The molecule has 0 N–H and O–H groups in total. The maximum atomic E-state index is 6.03. The van der Waals surface area contributed by atoms with Crippen molar-refractivity contribution in [1.82, 2.24) is 0 Å². The van der Waals surface area contributed by atoms with Crippen LogP contribution >= 0.6 is 0 Å². The summed E-state index contributed by atoms with van der Waals surface area (Å²) < 4.78 is 12.1. The molecular weight excluding hydrogens is 380 g/mol. The highest BCUT2D eigenvalue weighted by Gasteiger charge is 2.19. The Morgan fingerprint density at radius 3 is 1.45 bits per heavy atom. The van der Waals surface area contributed by atoms with E-state index in [-0.39, 0.29) is 0 Å². The van der Waals surface area contributed by atoms with E-state index in [9.17, 15) is 0 Å². The Hall–Kier alpha value is -1.18. The summed E-state index contributed by atoms with van der Waals surface area (Å²) in [6.07, 6.45) is 26.1. The van der Waals surface area contributed by atoms with Gasteiger partial charge in [0.15, 0.2) is 11.5 Å². The molecule has 1 fully saturated rings. The van der Waals surface area contributed by atoms with Gasteiger partial charge in [0.2, 0.25) is 0 Å². The van der Waals surface area contributed by atoms with Crippen LogP contribution in [0.3, 0.4) is 0 Å². The molecule has 1 aromatic carbocycles. The van der Waals surface area contributed by atoms with E-state index in [1.54, 1.807) is 0 Å². The number of unbranched alkanes of at least 4 members (excludes halogenated alkanes) is 14. The standard InChI is InChI=1S/C29H50O2/c1-2-3-4-5-6-7-10-13-18-25-30-28-21-16-17-22-29(28)31-26-19-14-11-8-9-12-15-20-27-23-24-27/h16-17,21-22,27H,2-15,18-20,23-26H2,1H3. The van der Waals surface area contributed by atoms with E-state index in [0.29, 0.717) is 0 Å². The highest BCUT2D eigenvalue weighted by Crippen LogP contribution is 2.34. The van der Waals surface area contributed by atoms with Gasteiger partial charge in [0, 0.05) is 0 Å². The minimum Gasteiger partial charge on any atom is -0.490 e.